The van der Waals surface area contributed by atoms with E-state index < -0.39 is 28.5 Å². The van der Waals surface area contributed by atoms with E-state index in [1.54, 1.807) is 56.3 Å². The van der Waals surface area contributed by atoms with Gasteiger partial charge in [0.1, 0.15) is 18.3 Å². The van der Waals surface area contributed by atoms with Gasteiger partial charge in [0.2, 0.25) is 21.8 Å². The number of carbonyl (C=O) groups excluding carboxylic acids is 2. The first kappa shape index (κ1) is 28.7. The van der Waals surface area contributed by atoms with Crippen molar-refractivity contribution in [3.63, 3.8) is 0 Å². The third kappa shape index (κ3) is 8.02. The molecule has 2 amide bonds. The number of benzene rings is 2. The van der Waals surface area contributed by atoms with Crippen molar-refractivity contribution in [2.24, 2.45) is 0 Å². The van der Waals surface area contributed by atoms with Crippen molar-refractivity contribution >= 4 is 50.7 Å². The zero-order valence-corrected chi connectivity index (χ0v) is 22.6. The van der Waals surface area contributed by atoms with Crippen LogP contribution in [0.15, 0.2) is 42.5 Å². The first-order valence-corrected chi connectivity index (χ1v) is 13.8. The van der Waals surface area contributed by atoms with Crippen molar-refractivity contribution in [3.8, 4) is 5.75 Å². The number of rotatable bonds is 12. The minimum Gasteiger partial charge on any atom is -0.492 e. The first-order chi connectivity index (χ1) is 16.5. The SMILES string of the molecule is CCCNC(=O)[C@@H](C)N(Cc1ccc(Cl)cc1Cl)C(=O)CN(c1ccccc1OCC)S(C)(=O)=O. The van der Waals surface area contributed by atoms with Gasteiger partial charge >= 0.3 is 0 Å². The van der Waals surface area contributed by atoms with Gasteiger partial charge in [0.05, 0.1) is 18.6 Å². The summed E-state index contributed by atoms with van der Waals surface area (Å²) in [6.07, 6.45) is 1.74. The molecule has 11 heteroatoms. The fourth-order valence-electron chi connectivity index (χ4n) is 3.35. The molecule has 0 aromatic heterocycles. The van der Waals surface area contributed by atoms with Gasteiger partial charge in [0.15, 0.2) is 0 Å². The molecule has 35 heavy (non-hydrogen) atoms. The first-order valence-electron chi connectivity index (χ1n) is 11.2. The van der Waals surface area contributed by atoms with Crippen LogP contribution < -0.4 is 14.4 Å². The van der Waals surface area contributed by atoms with E-state index in [0.29, 0.717) is 34.5 Å². The monoisotopic (exact) mass is 543 g/mol. The van der Waals surface area contributed by atoms with Crippen LogP contribution in [0.4, 0.5) is 5.69 Å². The van der Waals surface area contributed by atoms with Crippen LogP contribution in [0.2, 0.25) is 10.0 Å². The summed E-state index contributed by atoms with van der Waals surface area (Å²) in [7, 11) is -3.87. The number of carbonyl (C=O) groups is 2. The average molecular weight is 545 g/mol. The largest absolute Gasteiger partial charge is 0.492 e. The summed E-state index contributed by atoms with van der Waals surface area (Å²) in [4.78, 5) is 27.6. The highest BCUT2D eigenvalue weighted by Crippen LogP contribution is 2.30. The fourth-order valence-corrected chi connectivity index (χ4v) is 4.67. The van der Waals surface area contributed by atoms with E-state index in [9.17, 15) is 18.0 Å². The van der Waals surface area contributed by atoms with Gasteiger partial charge in [-0.05, 0) is 50.1 Å². The summed E-state index contributed by atoms with van der Waals surface area (Å²) in [6, 6.07) is 10.5. The van der Waals surface area contributed by atoms with Crippen molar-refractivity contribution in [1.29, 1.82) is 0 Å². The lowest BCUT2D eigenvalue weighted by atomic mass is 10.1. The maximum Gasteiger partial charge on any atom is 0.244 e. The molecule has 0 fully saturated rings. The van der Waals surface area contributed by atoms with Gasteiger partial charge in [-0.3, -0.25) is 13.9 Å². The molecule has 0 saturated carbocycles. The van der Waals surface area contributed by atoms with E-state index in [-0.39, 0.29) is 18.1 Å². The van der Waals surface area contributed by atoms with E-state index in [4.69, 9.17) is 27.9 Å². The molecule has 0 unspecified atom stereocenters. The van der Waals surface area contributed by atoms with Crippen molar-refractivity contribution in [1.82, 2.24) is 10.2 Å². The van der Waals surface area contributed by atoms with Crippen molar-refractivity contribution in [2.75, 3.05) is 30.3 Å². The Morgan fingerprint density at radius 1 is 1.11 bits per heavy atom. The minimum atomic E-state index is -3.87. The molecule has 0 aliphatic carbocycles. The van der Waals surface area contributed by atoms with Gasteiger partial charge in [-0.1, -0.05) is 48.3 Å². The quantitative estimate of drug-likeness (QED) is 0.434. The second-order valence-corrected chi connectivity index (χ2v) is 10.6. The van der Waals surface area contributed by atoms with Gasteiger partial charge in [0.25, 0.3) is 0 Å². The Bertz CT molecular complexity index is 1140. The van der Waals surface area contributed by atoms with Crippen LogP contribution in [0.25, 0.3) is 0 Å². The van der Waals surface area contributed by atoms with Crippen LogP contribution in [0.3, 0.4) is 0 Å². The molecule has 0 aliphatic heterocycles. The van der Waals surface area contributed by atoms with Crippen molar-refractivity contribution < 1.29 is 22.7 Å². The predicted octanol–water partition coefficient (Wildman–Crippen LogP) is 4.10. The Hall–Kier alpha value is -2.49. The smallest absolute Gasteiger partial charge is 0.244 e. The van der Waals surface area contributed by atoms with Crippen molar-refractivity contribution in [3.05, 3.63) is 58.1 Å². The number of nitrogens with one attached hydrogen (secondary N) is 1. The predicted molar refractivity (Wildman–Crippen MR) is 140 cm³/mol. The van der Waals surface area contributed by atoms with E-state index in [2.05, 4.69) is 5.32 Å². The second-order valence-electron chi connectivity index (χ2n) is 7.89. The summed E-state index contributed by atoms with van der Waals surface area (Å²) in [6.45, 7) is 5.51. The number of hydrogen-bond donors (Lipinski definition) is 1. The molecule has 8 nitrogen and oxygen atoms in total. The number of amides is 2. The topological polar surface area (TPSA) is 96.0 Å². The molecule has 2 rings (SSSR count). The maximum absolute atomic E-state index is 13.6. The molecule has 0 bridgehead atoms. The Balaban J connectivity index is 2.45. The molecule has 2 aromatic carbocycles. The molecular formula is C24H31Cl2N3O5S. The van der Waals surface area contributed by atoms with E-state index in [1.165, 1.54) is 4.90 Å². The Labute approximate surface area is 217 Å². The molecular weight excluding hydrogens is 513 g/mol. The highest BCUT2D eigenvalue weighted by atomic mass is 35.5. The lowest BCUT2D eigenvalue weighted by Gasteiger charge is -2.32. The van der Waals surface area contributed by atoms with Crippen LogP contribution in [-0.2, 0) is 26.2 Å². The molecule has 1 N–H and O–H groups in total. The fraction of sp³-hybridized carbons (Fsp3) is 0.417. The maximum atomic E-state index is 13.6. The average Bonchev–Trinajstić information content (AvgIpc) is 2.80. The van der Waals surface area contributed by atoms with Crippen molar-refractivity contribution in [2.45, 2.75) is 39.8 Å². The van der Waals surface area contributed by atoms with Crippen LogP contribution in [-0.4, -0.2) is 57.1 Å². The number of ether oxygens (including phenoxy) is 1. The standard InChI is InChI=1S/C24H31Cl2N3O5S/c1-5-13-27-24(31)17(3)28(15-18-11-12-19(25)14-20(18)26)23(30)16-29(35(4,32)33)21-9-7-8-10-22(21)34-6-2/h7-12,14,17H,5-6,13,15-16H2,1-4H3,(H,27,31)/t17-/m1/s1. The van der Waals surface area contributed by atoms with E-state index in [1.807, 2.05) is 6.92 Å². The number of nitrogens with zero attached hydrogens (tertiary/aromatic N) is 2. The molecule has 1 atom stereocenters. The second kappa shape index (κ2) is 13.0. The summed E-state index contributed by atoms with van der Waals surface area (Å²) < 4.78 is 32.0. The summed E-state index contributed by atoms with van der Waals surface area (Å²) >= 11 is 12.3. The van der Waals surface area contributed by atoms with Gasteiger partial charge in [-0.15, -0.1) is 0 Å². The highest BCUT2D eigenvalue weighted by Gasteiger charge is 2.31. The molecule has 0 saturated heterocycles. The molecule has 0 radical (unpaired) electrons. The third-order valence-electron chi connectivity index (χ3n) is 5.19. The Kier molecular flexibility index (Phi) is 10.7. The summed E-state index contributed by atoms with van der Waals surface area (Å²) in [5, 5.41) is 3.54. The number of halogens is 2. The molecule has 2 aromatic rings. The number of sulfonamides is 1. The zero-order valence-electron chi connectivity index (χ0n) is 20.3. The normalized spacial score (nSPS) is 12.1. The lowest BCUT2D eigenvalue weighted by Crippen LogP contribution is -2.51. The molecule has 192 valence electrons. The Morgan fingerprint density at radius 3 is 2.40 bits per heavy atom. The number of para-hydroxylation sites is 2. The zero-order chi connectivity index (χ0) is 26.2. The number of hydrogen-bond acceptors (Lipinski definition) is 5. The van der Waals surface area contributed by atoms with Crippen LogP contribution >= 0.6 is 23.2 Å². The van der Waals surface area contributed by atoms with E-state index in [0.717, 1.165) is 17.0 Å². The summed E-state index contributed by atoms with van der Waals surface area (Å²) in [5.74, 6) is -0.605. The van der Waals surface area contributed by atoms with Crippen LogP contribution in [0.5, 0.6) is 5.75 Å². The van der Waals surface area contributed by atoms with Gasteiger partial charge < -0.3 is 15.0 Å². The lowest BCUT2D eigenvalue weighted by molar-refractivity contribution is -0.139. The van der Waals surface area contributed by atoms with Crippen LogP contribution in [0.1, 0.15) is 32.8 Å². The molecule has 0 aliphatic rings. The summed E-state index contributed by atoms with van der Waals surface area (Å²) in [5.41, 5.74) is 0.804. The number of anilines is 1. The van der Waals surface area contributed by atoms with Gasteiger partial charge in [-0.25, -0.2) is 8.42 Å². The third-order valence-corrected chi connectivity index (χ3v) is 6.90. The molecule has 0 heterocycles. The minimum absolute atomic E-state index is 0.0136. The van der Waals surface area contributed by atoms with Gasteiger partial charge in [-0.2, -0.15) is 0 Å². The highest BCUT2D eigenvalue weighted by molar-refractivity contribution is 7.92. The molecule has 0 spiro atoms. The van der Waals surface area contributed by atoms with Gasteiger partial charge in [0, 0.05) is 23.1 Å². The van der Waals surface area contributed by atoms with E-state index >= 15 is 0 Å². The Morgan fingerprint density at radius 2 is 1.80 bits per heavy atom. The van der Waals surface area contributed by atoms with Crippen LogP contribution in [0, 0.1) is 0 Å².